The molecule has 0 bridgehead atoms. The van der Waals surface area contributed by atoms with Crippen molar-refractivity contribution in [3.8, 4) is 0 Å². The molecule has 2 aromatic rings. The van der Waals surface area contributed by atoms with Gasteiger partial charge >= 0.3 is 5.97 Å². The number of esters is 1. The Morgan fingerprint density at radius 3 is 2.95 bits per heavy atom. The van der Waals surface area contributed by atoms with Crippen LogP contribution in [0.1, 0.15) is 28.1 Å². The molecule has 1 aliphatic heterocycles. The van der Waals surface area contributed by atoms with Gasteiger partial charge in [-0.15, -0.1) is 0 Å². The van der Waals surface area contributed by atoms with E-state index in [2.05, 4.69) is 34.1 Å². The number of anilines is 1. The third-order valence-electron chi connectivity index (χ3n) is 3.88. The number of carbonyl (C=O) groups excluding carboxylic acids is 1. The summed E-state index contributed by atoms with van der Waals surface area (Å²) in [5.41, 5.74) is 1.32. The molecule has 0 aliphatic carbocycles. The molecule has 1 atom stereocenters. The molecule has 0 spiro atoms. The van der Waals surface area contributed by atoms with Gasteiger partial charge in [0.1, 0.15) is 0 Å². The third-order valence-corrected chi connectivity index (χ3v) is 5.34. The summed E-state index contributed by atoms with van der Waals surface area (Å²) in [6, 6.07) is 10.8. The maximum Gasteiger partial charge on any atom is 0.351 e. The van der Waals surface area contributed by atoms with Gasteiger partial charge in [0.15, 0.2) is 15.2 Å². The Hall–Kier alpha value is -1.59. The number of benzene rings is 1. The van der Waals surface area contributed by atoms with E-state index in [0.717, 1.165) is 30.9 Å². The smallest absolute Gasteiger partial charge is 0.351 e. The highest BCUT2D eigenvalue weighted by Gasteiger charge is 2.29. The molecule has 0 radical (unpaired) electrons. The summed E-state index contributed by atoms with van der Waals surface area (Å²) in [7, 11) is 1.35. The minimum atomic E-state index is -0.424. The van der Waals surface area contributed by atoms with E-state index in [0.29, 0.717) is 10.9 Å². The fourth-order valence-corrected chi connectivity index (χ4v) is 4.12. The van der Waals surface area contributed by atoms with E-state index in [4.69, 9.17) is 16.3 Å². The highest BCUT2D eigenvalue weighted by atomic mass is 35.5. The Labute approximate surface area is 138 Å². The van der Waals surface area contributed by atoms with Gasteiger partial charge in [0, 0.05) is 12.6 Å². The van der Waals surface area contributed by atoms with Crippen LogP contribution in [0.4, 0.5) is 5.13 Å². The fourth-order valence-electron chi connectivity index (χ4n) is 2.82. The van der Waals surface area contributed by atoms with Crippen LogP contribution in [0.5, 0.6) is 0 Å². The molecule has 0 N–H and O–H groups in total. The summed E-state index contributed by atoms with van der Waals surface area (Å²) in [5, 5.41) is 1.04. The molecule has 4 nitrogen and oxygen atoms in total. The first-order valence-corrected chi connectivity index (χ1v) is 8.43. The average Bonchev–Trinajstić information content (AvgIpc) is 3.14. The van der Waals surface area contributed by atoms with Crippen molar-refractivity contribution in [3.05, 3.63) is 45.9 Å². The van der Waals surface area contributed by atoms with Crippen LogP contribution in [0, 0.1) is 0 Å². The minimum Gasteiger partial charge on any atom is -0.465 e. The molecule has 1 saturated heterocycles. The van der Waals surface area contributed by atoms with Crippen LogP contribution in [0.2, 0.25) is 5.15 Å². The van der Waals surface area contributed by atoms with Crippen molar-refractivity contribution in [2.45, 2.75) is 25.3 Å². The molecular formula is C16H17ClN2O2S. The van der Waals surface area contributed by atoms with Gasteiger partial charge in [-0.2, -0.15) is 0 Å². The summed E-state index contributed by atoms with van der Waals surface area (Å²) in [4.78, 5) is 18.7. The second kappa shape index (κ2) is 6.67. The molecule has 2 heterocycles. The number of hydrogen-bond donors (Lipinski definition) is 0. The second-order valence-corrected chi connectivity index (χ2v) is 6.62. The topological polar surface area (TPSA) is 42.4 Å². The molecule has 1 aromatic carbocycles. The maximum absolute atomic E-state index is 11.7. The van der Waals surface area contributed by atoms with E-state index in [1.54, 1.807) is 0 Å². The van der Waals surface area contributed by atoms with Gasteiger partial charge in [-0.1, -0.05) is 53.3 Å². The summed E-state index contributed by atoms with van der Waals surface area (Å²) in [5.74, 6) is -0.424. The van der Waals surface area contributed by atoms with E-state index in [9.17, 15) is 4.79 Å². The lowest BCUT2D eigenvalue weighted by molar-refractivity contribution is 0.0606. The SMILES string of the molecule is COC(=O)c1sc(N2CCCC2Cc2ccccc2)nc1Cl. The van der Waals surface area contributed by atoms with Crippen LogP contribution in [0.3, 0.4) is 0 Å². The number of hydrogen-bond acceptors (Lipinski definition) is 5. The quantitative estimate of drug-likeness (QED) is 0.796. The normalized spacial score (nSPS) is 17.7. The zero-order valence-corrected chi connectivity index (χ0v) is 13.9. The fraction of sp³-hybridized carbons (Fsp3) is 0.375. The lowest BCUT2D eigenvalue weighted by Gasteiger charge is -2.24. The van der Waals surface area contributed by atoms with Crippen LogP contribution in [0.15, 0.2) is 30.3 Å². The first-order chi connectivity index (χ1) is 10.7. The van der Waals surface area contributed by atoms with Gasteiger partial charge < -0.3 is 9.64 Å². The van der Waals surface area contributed by atoms with Crippen molar-refractivity contribution < 1.29 is 9.53 Å². The Morgan fingerprint density at radius 1 is 1.45 bits per heavy atom. The Kier molecular flexibility index (Phi) is 4.64. The van der Waals surface area contributed by atoms with E-state index < -0.39 is 5.97 Å². The zero-order chi connectivity index (χ0) is 15.5. The average molecular weight is 337 g/mol. The molecule has 116 valence electrons. The number of methoxy groups -OCH3 is 1. The summed E-state index contributed by atoms with van der Waals surface area (Å²) < 4.78 is 4.74. The van der Waals surface area contributed by atoms with Crippen molar-refractivity contribution >= 4 is 34.0 Å². The Bertz CT molecular complexity index is 659. The lowest BCUT2D eigenvalue weighted by Crippen LogP contribution is -2.30. The predicted molar refractivity (Wildman–Crippen MR) is 89.0 cm³/mol. The zero-order valence-electron chi connectivity index (χ0n) is 12.3. The number of ether oxygens (including phenoxy) is 1. The summed E-state index contributed by atoms with van der Waals surface area (Å²) in [6.07, 6.45) is 3.23. The van der Waals surface area contributed by atoms with Crippen molar-refractivity contribution in [3.63, 3.8) is 0 Å². The van der Waals surface area contributed by atoms with Crippen LogP contribution < -0.4 is 4.90 Å². The van der Waals surface area contributed by atoms with Gasteiger partial charge in [-0.05, 0) is 24.8 Å². The highest BCUT2D eigenvalue weighted by molar-refractivity contribution is 7.18. The van der Waals surface area contributed by atoms with Gasteiger partial charge in [-0.3, -0.25) is 0 Å². The number of thiazole rings is 1. The molecule has 22 heavy (non-hydrogen) atoms. The van der Waals surface area contributed by atoms with Crippen LogP contribution in [-0.2, 0) is 11.2 Å². The third kappa shape index (κ3) is 3.10. The van der Waals surface area contributed by atoms with Gasteiger partial charge in [0.2, 0.25) is 0 Å². The van der Waals surface area contributed by atoms with E-state index in [-0.39, 0.29) is 5.15 Å². The molecule has 1 unspecified atom stereocenters. The number of halogens is 1. The van der Waals surface area contributed by atoms with Crippen molar-refractivity contribution in [2.24, 2.45) is 0 Å². The Balaban J connectivity index is 1.80. The van der Waals surface area contributed by atoms with Crippen LogP contribution in [-0.4, -0.2) is 30.6 Å². The van der Waals surface area contributed by atoms with E-state index in [1.807, 2.05) is 6.07 Å². The molecule has 3 rings (SSSR count). The standard InChI is InChI=1S/C16H17ClN2O2S/c1-21-15(20)13-14(17)18-16(22-13)19-9-5-8-12(19)10-11-6-3-2-4-7-11/h2-4,6-7,12H,5,8-10H2,1H3. The van der Waals surface area contributed by atoms with E-state index >= 15 is 0 Å². The number of nitrogens with zero attached hydrogens (tertiary/aromatic N) is 2. The first kappa shape index (κ1) is 15.3. The number of carbonyl (C=O) groups is 1. The first-order valence-electron chi connectivity index (χ1n) is 7.24. The summed E-state index contributed by atoms with van der Waals surface area (Å²) in [6.45, 7) is 0.946. The number of aromatic nitrogens is 1. The maximum atomic E-state index is 11.7. The van der Waals surface area contributed by atoms with Gasteiger partial charge in [0.05, 0.1) is 7.11 Å². The van der Waals surface area contributed by atoms with Crippen LogP contribution in [0.25, 0.3) is 0 Å². The molecular weight excluding hydrogens is 320 g/mol. The largest absolute Gasteiger partial charge is 0.465 e. The molecule has 0 amide bonds. The van der Waals surface area contributed by atoms with Gasteiger partial charge in [-0.25, -0.2) is 9.78 Å². The van der Waals surface area contributed by atoms with E-state index in [1.165, 1.54) is 24.0 Å². The number of rotatable bonds is 4. The summed E-state index contributed by atoms with van der Waals surface area (Å²) >= 11 is 7.39. The van der Waals surface area contributed by atoms with Crippen LogP contribution >= 0.6 is 22.9 Å². The van der Waals surface area contributed by atoms with Crippen molar-refractivity contribution in [1.29, 1.82) is 0 Å². The van der Waals surface area contributed by atoms with Crippen molar-refractivity contribution in [1.82, 2.24) is 4.98 Å². The molecule has 1 fully saturated rings. The monoisotopic (exact) mass is 336 g/mol. The van der Waals surface area contributed by atoms with Gasteiger partial charge in [0.25, 0.3) is 0 Å². The molecule has 0 saturated carbocycles. The molecule has 6 heteroatoms. The second-order valence-electron chi connectivity index (χ2n) is 5.29. The van der Waals surface area contributed by atoms with Crippen molar-refractivity contribution in [2.75, 3.05) is 18.6 Å². The lowest BCUT2D eigenvalue weighted by atomic mass is 10.0. The highest BCUT2D eigenvalue weighted by Crippen LogP contribution is 2.35. The predicted octanol–water partition coefficient (Wildman–Crippen LogP) is 3.79. The molecule has 1 aromatic heterocycles. The molecule has 1 aliphatic rings. The minimum absolute atomic E-state index is 0.234. The Morgan fingerprint density at radius 2 is 2.23 bits per heavy atom.